The predicted molar refractivity (Wildman–Crippen MR) is 112 cm³/mol. The topological polar surface area (TPSA) is 47.3 Å². The van der Waals surface area contributed by atoms with E-state index in [9.17, 15) is 4.79 Å². The monoisotopic (exact) mass is 395 g/mol. The van der Waals surface area contributed by atoms with Crippen LogP contribution >= 0.6 is 22.9 Å². The quantitative estimate of drug-likeness (QED) is 0.508. The molecule has 0 fully saturated rings. The standard InChI is InChI=1S/C21H18ClN3OS/c1-21(2,3)15-9-7-13(8-10-15)11-17-19(26)25-20(27-17)23-18(24-25)14-5-4-6-16(22)12-14/h4-12H,1-3H3. The van der Waals surface area contributed by atoms with Crippen molar-refractivity contribution in [3.05, 3.63) is 79.6 Å². The molecular weight excluding hydrogens is 378 g/mol. The maximum Gasteiger partial charge on any atom is 0.291 e. The molecule has 0 saturated heterocycles. The summed E-state index contributed by atoms with van der Waals surface area (Å²) in [5.74, 6) is 0.502. The fourth-order valence-electron chi connectivity index (χ4n) is 2.81. The second kappa shape index (κ2) is 6.59. The van der Waals surface area contributed by atoms with Gasteiger partial charge in [-0.05, 0) is 34.8 Å². The van der Waals surface area contributed by atoms with E-state index in [1.54, 1.807) is 12.1 Å². The second-order valence-electron chi connectivity index (χ2n) is 7.43. The van der Waals surface area contributed by atoms with Crippen molar-refractivity contribution < 1.29 is 0 Å². The average molecular weight is 396 g/mol. The van der Waals surface area contributed by atoms with Crippen molar-refractivity contribution in [1.82, 2.24) is 14.6 Å². The summed E-state index contributed by atoms with van der Waals surface area (Å²) in [6.07, 6.45) is 1.88. The summed E-state index contributed by atoms with van der Waals surface area (Å²) in [6, 6.07) is 15.6. The van der Waals surface area contributed by atoms with E-state index in [2.05, 4.69) is 43.0 Å². The van der Waals surface area contributed by atoms with Gasteiger partial charge in [-0.1, -0.05) is 80.1 Å². The van der Waals surface area contributed by atoms with E-state index in [0.29, 0.717) is 20.3 Å². The first-order valence-corrected chi connectivity index (χ1v) is 9.78. The number of nitrogens with zero attached hydrogens (tertiary/aromatic N) is 3. The van der Waals surface area contributed by atoms with Gasteiger partial charge in [0, 0.05) is 10.6 Å². The second-order valence-corrected chi connectivity index (χ2v) is 8.87. The van der Waals surface area contributed by atoms with E-state index in [1.165, 1.54) is 21.4 Å². The Morgan fingerprint density at radius 1 is 1.11 bits per heavy atom. The lowest BCUT2D eigenvalue weighted by molar-refractivity contribution is 0.590. The van der Waals surface area contributed by atoms with Gasteiger partial charge in [0.05, 0.1) is 4.53 Å². The SMILES string of the molecule is CC(C)(C)c1ccc(C=c2sc3nc(-c4cccc(Cl)c4)nn3c2=O)cc1. The average Bonchev–Trinajstić information content (AvgIpc) is 3.15. The zero-order chi connectivity index (χ0) is 19.2. The van der Waals surface area contributed by atoms with Crippen molar-refractivity contribution in [2.24, 2.45) is 0 Å². The lowest BCUT2D eigenvalue weighted by atomic mass is 9.87. The Morgan fingerprint density at radius 2 is 1.85 bits per heavy atom. The molecule has 0 aliphatic rings. The van der Waals surface area contributed by atoms with E-state index >= 15 is 0 Å². The molecule has 4 nitrogen and oxygen atoms in total. The molecule has 136 valence electrons. The Morgan fingerprint density at radius 3 is 2.48 bits per heavy atom. The highest BCUT2D eigenvalue weighted by Gasteiger charge is 2.14. The largest absolute Gasteiger partial charge is 0.291 e. The Labute approximate surface area is 165 Å². The first-order chi connectivity index (χ1) is 12.8. The summed E-state index contributed by atoms with van der Waals surface area (Å²) < 4.78 is 1.97. The van der Waals surface area contributed by atoms with Crippen LogP contribution in [0.3, 0.4) is 0 Å². The van der Waals surface area contributed by atoms with Gasteiger partial charge in [0.15, 0.2) is 5.82 Å². The van der Waals surface area contributed by atoms with Gasteiger partial charge < -0.3 is 0 Å². The lowest BCUT2D eigenvalue weighted by Gasteiger charge is -2.18. The third-order valence-electron chi connectivity index (χ3n) is 4.34. The van der Waals surface area contributed by atoms with Gasteiger partial charge in [0.25, 0.3) is 5.56 Å². The number of aromatic nitrogens is 3. The fraction of sp³-hybridized carbons (Fsp3) is 0.190. The molecular formula is C21H18ClN3OS. The van der Waals surface area contributed by atoms with Crippen molar-refractivity contribution >= 4 is 34.0 Å². The first kappa shape index (κ1) is 17.9. The number of rotatable bonds is 2. The van der Waals surface area contributed by atoms with Crippen LogP contribution in [0, 0.1) is 0 Å². The Balaban J connectivity index is 1.73. The Bertz CT molecular complexity index is 1230. The Hall–Kier alpha value is -2.50. The molecule has 2 aromatic carbocycles. The molecule has 0 N–H and O–H groups in total. The van der Waals surface area contributed by atoms with Crippen molar-refractivity contribution in [2.75, 3.05) is 0 Å². The van der Waals surface area contributed by atoms with Crippen LogP contribution in [0.25, 0.3) is 22.4 Å². The van der Waals surface area contributed by atoms with Gasteiger partial charge >= 0.3 is 0 Å². The molecule has 6 heteroatoms. The minimum absolute atomic E-state index is 0.104. The van der Waals surface area contributed by atoms with Crippen molar-refractivity contribution in [2.45, 2.75) is 26.2 Å². The molecule has 27 heavy (non-hydrogen) atoms. The summed E-state index contributed by atoms with van der Waals surface area (Å²) in [5, 5.41) is 4.97. The third kappa shape index (κ3) is 3.53. The molecule has 0 radical (unpaired) electrons. The van der Waals surface area contributed by atoms with Crippen LogP contribution in [0.2, 0.25) is 5.02 Å². The summed E-state index contributed by atoms with van der Waals surface area (Å²) in [4.78, 5) is 17.7. The fourth-order valence-corrected chi connectivity index (χ4v) is 3.91. The van der Waals surface area contributed by atoms with Crippen molar-refractivity contribution in [3.63, 3.8) is 0 Å². The van der Waals surface area contributed by atoms with Gasteiger partial charge in [-0.25, -0.2) is 0 Å². The van der Waals surface area contributed by atoms with Crippen LogP contribution in [0.5, 0.6) is 0 Å². The number of fused-ring (bicyclic) bond motifs is 1. The molecule has 2 heterocycles. The Kier molecular flexibility index (Phi) is 4.36. The van der Waals surface area contributed by atoms with Gasteiger partial charge in [-0.15, -0.1) is 5.10 Å². The highest BCUT2D eigenvalue weighted by Crippen LogP contribution is 2.23. The van der Waals surface area contributed by atoms with Crippen LogP contribution in [0.4, 0.5) is 0 Å². The van der Waals surface area contributed by atoms with Crippen LogP contribution in [-0.2, 0) is 5.41 Å². The molecule has 2 aromatic heterocycles. The summed E-state index contributed by atoms with van der Waals surface area (Å²) in [5.41, 5.74) is 2.99. The molecule has 0 amide bonds. The summed E-state index contributed by atoms with van der Waals surface area (Å²) in [6.45, 7) is 6.54. The van der Waals surface area contributed by atoms with Crippen LogP contribution in [0.1, 0.15) is 31.9 Å². The highest BCUT2D eigenvalue weighted by atomic mass is 35.5. The molecule has 0 bridgehead atoms. The third-order valence-corrected chi connectivity index (χ3v) is 5.53. The minimum atomic E-state index is -0.157. The van der Waals surface area contributed by atoms with E-state index in [1.807, 2.05) is 30.3 Å². The first-order valence-electron chi connectivity index (χ1n) is 8.59. The van der Waals surface area contributed by atoms with Gasteiger partial charge in [0.1, 0.15) is 0 Å². The molecule has 4 rings (SSSR count). The zero-order valence-corrected chi connectivity index (χ0v) is 16.8. The van der Waals surface area contributed by atoms with Gasteiger partial charge in [-0.3, -0.25) is 4.79 Å². The maximum atomic E-state index is 12.7. The summed E-state index contributed by atoms with van der Waals surface area (Å²) in [7, 11) is 0. The molecule has 0 aliphatic carbocycles. The van der Waals surface area contributed by atoms with Gasteiger partial charge in [0.2, 0.25) is 4.96 Å². The lowest BCUT2D eigenvalue weighted by Crippen LogP contribution is -2.23. The van der Waals surface area contributed by atoms with E-state index < -0.39 is 0 Å². The molecule has 0 atom stereocenters. The molecule has 0 spiro atoms. The normalized spacial score (nSPS) is 12.8. The van der Waals surface area contributed by atoms with E-state index in [0.717, 1.165) is 11.1 Å². The van der Waals surface area contributed by atoms with Crippen LogP contribution in [-0.4, -0.2) is 14.6 Å². The van der Waals surface area contributed by atoms with Crippen molar-refractivity contribution in [1.29, 1.82) is 0 Å². The summed E-state index contributed by atoms with van der Waals surface area (Å²) >= 11 is 7.36. The van der Waals surface area contributed by atoms with E-state index in [-0.39, 0.29) is 11.0 Å². The number of benzene rings is 2. The van der Waals surface area contributed by atoms with Gasteiger partial charge in [-0.2, -0.15) is 9.50 Å². The van der Waals surface area contributed by atoms with Crippen LogP contribution < -0.4 is 10.1 Å². The zero-order valence-electron chi connectivity index (χ0n) is 15.2. The molecule has 4 aromatic rings. The molecule has 0 unspecified atom stereocenters. The smallest absolute Gasteiger partial charge is 0.266 e. The number of hydrogen-bond acceptors (Lipinski definition) is 4. The van der Waals surface area contributed by atoms with Crippen LogP contribution in [0.15, 0.2) is 53.3 Å². The predicted octanol–water partition coefficient (Wildman–Crippen LogP) is 4.32. The highest BCUT2D eigenvalue weighted by molar-refractivity contribution is 7.15. The number of thiazole rings is 1. The molecule has 0 aliphatic heterocycles. The van der Waals surface area contributed by atoms with Crippen molar-refractivity contribution in [3.8, 4) is 11.4 Å². The number of hydrogen-bond donors (Lipinski definition) is 0. The van der Waals surface area contributed by atoms with E-state index in [4.69, 9.17) is 11.6 Å². The maximum absolute atomic E-state index is 12.7. The number of halogens is 1. The minimum Gasteiger partial charge on any atom is -0.266 e. The molecule has 0 saturated carbocycles.